The van der Waals surface area contributed by atoms with Crippen LogP contribution in [0.1, 0.15) is 40.5 Å². The van der Waals surface area contributed by atoms with Crippen LogP contribution in [0.2, 0.25) is 0 Å². The average molecular weight is 508 g/mol. The van der Waals surface area contributed by atoms with Crippen molar-refractivity contribution in [3.8, 4) is 11.8 Å². The maximum Gasteiger partial charge on any atom is 0.0895 e. The van der Waals surface area contributed by atoms with Crippen LogP contribution in [0.3, 0.4) is 0 Å². The van der Waals surface area contributed by atoms with Crippen LogP contribution in [0, 0.1) is 11.8 Å². The predicted molar refractivity (Wildman–Crippen MR) is 81.3 cm³/mol. The molecule has 4 heteroatoms. The van der Waals surface area contributed by atoms with Crippen LogP contribution >= 0.6 is 0 Å². The molecule has 0 aromatic rings. The van der Waals surface area contributed by atoms with Gasteiger partial charge in [-0.1, -0.05) is 11.8 Å². The lowest BCUT2D eigenvalue weighted by Gasteiger charge is -2.31. The topological polar surface area (TPSA) is 0 Å². The van der Waals surface area contributed by atoms with E-state index in [2.05, 4.69) is 53.6 Å². The summed E-state index contributed by atoms with van der Waals surface area (Å²) in [7, 11) is 4.65. The van der Waals surface area contributed by atoms with E-state index in [-0.39, 0.29) is 48.0 Å². The first-order valence-corrected chi connectivity index (χ1v) is 7.58. The maximum atomic E-state index is 3.35. The van der Waals surface area contributed by atoms with Gasteiger partial charge in [-0.15, -0.1) is 0 Å². The van der Waals surface area contributed by atoms with Gasteiger partial charge in [0.05, 0.1) is 66.2 Å². The Kier molecular flexibility index (Phi) is 17.6. The average Bonchev–Trinajstić information content (AvgIpc) is 2.42. The van der Waals surface area contributed by atoms with Gasteiger partial charge in [-0.2, -0.15) is 0 Å². The molecule has 0 aromatic heterocycles. The summed E-state index contributed by atoms with van der Waals surface area (Å²) in [6.45, 7) is 16.3. The third kappa shape index (κ3) is 10.6. The Labute approximate surface area is 161 Å². The standard InChI is InChI=1S/C16H34N2.2HI/c1-7-17(5,8-2)15-13-11-12-14-16-18(6,9-3)10-4;;/h7-10,13-16H2,1-6H3;2*1H/q+2;;/p-2. The fraction of sp³-hybridized carbons (Fsp3) is 0.875. The van der Waals surface area contributed by atoms with E-state index < -0.39 is 0 Å². The Morgan fingerprint density at radius 1 is 0.600 bits per heavy atom. The van der Waals surface area contributed by atoms with Gasteiger partial charge >= 0.3 is 0 Å². The van der Waals surface area contributed by atoms with Crippen molar-refractivity contribution in [2.45, 2.75) is 40.5 Å². The van der Waals surface area contributed by atoms with E-state index in [4.69, 9.17) is 0 Å². The number of halogens is 2. The molecule has 0 aliphatic heterocycles. The van der Waals surface area contributed by atoms with Crippen LogP contribution in [0.25, 0.3) is 0 Å². The highest BCUT2D eigenvalue weighted by Gasteiger charge is 2.15. The molecule has 0 amide bonds. The Hall–Kier alpha value is 0.940. The molecule has 0 bridgehead atoms. The van der Waals surface area contributed by atoms with Gasteiger partial charge in [-0.3, -0.25) is 0 Å². The summed E-state index contributed by atoms with van der Waals surface area (Å²) in [5, 5.41) is 0. The summed E-state index contributed by atoms with van der Waals surface area (Å²) in [5.74, 6) is 6.71. The fourth-order valence-electron chi connectivity index (χ4n) is 1.91. The minimum atomic E-state index is 0. The van der Waals surface area contributed by atoms with Crippen molar-refractivity contribution in [2.24, 2.45) is 0 Å². The largest absolute Gasteiger partial charge is 1.00 e. The normalized spacial score (nSPS) is 10.9. The van der Waals surface area contributed by atoms with Gasteiger partial charge in [0.15, 0.2) is 0 Å². The van der Waals surface area contributed by atoms with Crippen LogP contribution < -0.4 is 48.0 Å². The molecule has 0 N–H and O–H groups in total. The minimum Gasteiger partial charge on any atom is -1.00 e. The van der Waals surface area contributed by atoms with Crippen molar-refractivity contribution in [3.05, 3.63) is 0 Å². The Bertz CT molecular complexity index is 248. The van der Waals surface area contributed by atoms with E-state index in [9.17, 15) is 0 Å². The van der Waals surface area contributed by atoms with Crippen molar-refractivity contribution in [3.63, 3.8) is 0 Å². The molecule has 0 aliphatic carbocycles. The highest BCUT2D eigenvalue weighted by molar-refractivity contribution is 4.98. The third-order valence-corrected chi connectivity index (χ3v) is 4.73. The van der Waals surface area contributed by atoms with Crippen molar-refractivity contribution in [2.75, 3.05) is 53.4 Å². The monoisotopic (exact) mass is 508 g/mol. The van der Waals surface area contributed by atoms with Crippen molar-refractivity contribution in [1.29, 1.82) is 0 Å². The summed E-state index contributed by atoms with van der Waals surface area (Å²) in [5.41, 5.74) is 0. The van der Waals surface area contributed by atoms with Gasteiger partial charge in [0, 0.05) is 0 Å². The fourth-order valence-corrected chi connectivity index (χ4v) is 1.91. The van der Waals surface area contributed by atoms with Crippen molar-refractivity contribution >= 4 is 0 Å². The van der Waals surface area contributed by atoms with E-state index in [1.54, 1.807) is 0 Å². The molecule has 0 saturated carbocycles. The smallest absolute Gasteiger partial charge is 0.0895 e. The Morgan fingerprint density at radius 3 is 1.05 bits per heavy atom. The molecule has 2 nitrogen and oxygen atoms in total. The van der Waals surface area contributed by atoms with Crippen LogP contribution in [0.15, 0.2) is 0 Å². The van der Waals surface area contributed by atoms with Gasteiger partial charge in [0.25, 0.3) is 0 Å². The zero-order chi connectivity index (χ0) is 14.1. The first kappa shape index (κ1) is 25.9. The van der Waals surface area contributed by atoms with Crippen molar-refractivity contribution < 1.29 is 56.9 Å². The summed E-state index contributed by atoms with van der Waals surface area (Å²) in [6, 6.07) is 0. The summed E-state index contributed by atoms with van der Waals surface area (Å²) < 4.78 is 2.29. The summed E-state index contributed by atoms with van der Waals surface area (Å²) >= 11 is 0. The van der Waals surface area contributed by atoms with Gasteiger partial charge < -0.3 is 56.9 Å². The van der Waals surface area contributed by atoms with Gasteiger partial charge in [0.2, 0.25) is 0 Å². The highest BCUT2D eigenvalue weighted by Crippen LogP contribution is 2.03. The number of hydrogen-bond donors (Lipinski definition) is 0. The maximum absolute atomic E-state index is 3.35. The SMILES string of the molecule is CC[N+](C)(CC)CCC#CCC[N+](C)(CC)CC.[I-].[I-]. The van der Waals surface area contributed by atoms with E-state index in [1.165, 1.54) is 39.3 Å². The lowest BCUT2D eigenvalue weighted by molar-refractivity contribution is -0.905. The quantitative estimate of drug-likeness (QED) is 0.184. The zero-order valence-electron chi connectivity index (χ0n) is 14.3. The Balaban J connectivity index is -0.00000144. The third-order valence-electron chi connectivity index (χ3n) is 4.73. The zero-order valence-corrected chi connectivity index (χ0v) is 18.6. The molecule has 0 aromatic carbocycles. The number of hydrogen-bond acceptors (Lipinski definition) is 0. The minimum absolute atomic E-state index is 0. The summed E-state index contributed by atoms with van der Waals surface area (Å²) in [6.07, 6.45) is 2.08. The van der Waals surface area contributed by atoms with E-state index in [0.29, 0.717) is 0 Å². The van der Waals surface area contributed by atoms with E-state index >= 15 is 0 Å². The molecule has 0 rings (SSSR count). The van der Waals surface area contributed by atoms with Crippen LogP contribution in [0.4, 0.5) is 0 Å². The molecule has 0 heterocycles. The lowest BCUT2D eigenvalue weighted by atomic mass is 10.3. The Morgan fingerprint density at radius 2 is 0.850 bits per heavy atom. The van der Waals surface area contributed by atoms with Crippen molar-refractivity contribution in [1.82, 2.24) is 0 Å². The molecule has 0 fully saturated rings. The summed E-state index contributed by atoms with van der Waals surface area (Å²) in [4.78, 5) is 0. The molecule has 20 heavy (non-hydrogen) atoms. The van der Waals surface area contributed by atoms with Crippen LogP contribution in [-0.4, -0.2) is 62.3 Å². The molecular formula is C16H34I2N2. The van der Waals surface area contributed by atoms with Gasteiger partial charge in [-0.25, -0.2) is 0 Å². The van der Waals surface area contributed by atoms with E-state index in [1.807, 2.05) is 0 Å². The predicted octanol–water partition coefficient (Wildman–Crippen LogP) is -3.25. The number of nitrogens with zero attached hydrogens (tertiary/aromatic N) is 2. The lowest BCUT2D eigenvalue weighted by Crippen LogP contribution is -3.00. The number of quaternary nitrogens is 2. The van der Waals surface area contributed by atoms with Gasteiger partial charge in [-0.05, 0) is 27.7 Å². The number of rotatable bonds is 8. The molecule has 0 unspecified atom stereocenters. The van der Waals surface area contributed by atoms with E-state index in [0.717, 1.165) is 21.8 Å². The second-order valence-electron chi connectivity index (χ2n) is 5.80. The second kappa shape index (κ2) is 13.6. The molecule has 0 saturated heterocycles. The van der Waals surface area contributed by atoms with Crippen LogP contribution in [0.5, 0.6) is 0 Å². The van der Waals surface area contributed by atoms with Gasteiger partial charge in [0.1, 0.15) is 0 Å². The molecule has 0 atom stereocenters. The molecular weight excluding hydrogens is 474 g/mol. The highest BCUT2D eigenvalue weighted by atomic mass is 127. The van der Waals surface area contributed by atoms with Crippen LogP contribution in [-0.2, 0) is 0 Å². The molecule has 122 valence electrons. The molecule has 0 aliphatic rings. The first-order valence-electron chi connectivity index (χ1n) is 7.58. The second-order valence-corrected chi connectivity index (χ2v) is 5.80. The molecule has 0 radical (unpaired) electrons. The molecule has 0 spiro atoms. The first-order chi connectivity index (χ1) is 8.45.